The molecular formula is C23H30N4O2. The molecule has 0 bridgehead atoms. The van der Waals surface area contributed by atoms with E-state index in [9.17, 15) is 0 Å². The molecule has 0 unspecified atom stereocenters. The number of hydrogen-bond donors (Lipinski definition) is 3. The molecule has 1 heterocycles. The highest BCUT2D eigenvalue weighted by molar-refractivity contribution is 5.83. The van der Waals surface area contributed by atoms with Crippen LogP contribution in [0.4, 0.5) is 0 Å². The van der Waals surface area contributed by atoms with E-state index in [0.29, 0.717) is 0 Å². The Morgan fingerprint density at radius 2 is 1.83 bits per heavy atom. The Morgan fingerprint density at radius 3 is 2.62 bits per heavy atom. The number of aromatic amines is 1. The maximum atomic E-state index is 5.38. The third-order valence-electron chi connectivity index (χ3n) is 4.82. The molecule has 154 valence electrons. The Bertz CT molecular complexity index is 949. The Balaban J connectivity index is 1.54. The number of hydrogen-bond acceptors (Lipinski definition) is 3. The summed E-state index contributed by atoms with van der Waals surface area (Å²) in [5, 5.41) is 8.00. The second-order valence-corrected chi connectivity index (χ2v) is 6.74. The van der Waals surface area contributed by atoms with Crippen molar-refractivity contribution in [2.24, 2.45) is 4.99 Å². The van der Waals surface area contributed by atoms with Crippen molar-refractivity contribution in [2.75, 3.05) is 33.9 Å². The molecule has 0 radical (unpaired) electrons. The summed E-state index contributed by atoms with van der Waals surface area (Å²) in [6, 6.07) is 14.4. The predicted octanol–water partition coefficient (Wildman–Crippen LogP) is 3.53. The predicted molar refractivity (Wildman–Crippen MR) is 119 cm³/mol. The van der Waals surface area contributed by atoms with Crippen LogP contribution in [0.3, 0.4) is 0 Å². The largest absolute Gasteiger partial charge is 0.493 e. The molecule has 0 spiro atoms. The van der Waals surface area contributed by atoms with Crippen LogP contribution >= 0.6 is 0 Å². The molecule has 29 heavy (non-hydrogen) atoms. The van der Waals surface area contributed by atoms with E-state index in [-0.39, 0.29) is 0 Å². The Hall–Kier alpha value is -3.15. The SMILES string of the molecule is CCNC(=NCCc1c[nH]c2ccccc12)NCCc1ccc(OC)c(OC)c1. The zero-order valence-corrected chi connectivity index (χ0v) is 17.4. The number of nitrogens with one attached hydrogen (secondary N) is 3. The standard InChI is InChI=1S/C23H30N4O2/c1-4-24-23(25-13-11-17-9-10-21(28-2)22(15-17)29-3)26-14-12-18-16-27-20-8-6-5-7-19(18)20/h5-10,15-16,27H,4,11-14H2,1-3H3,(H2,24,25,26). The smallest absolute Gasteiger partial charge is 0.191 e. The van der Waals surface area contributed by atoms with Crippen molar-refractivity contribution >= 4 is 16.9 Å². The zero-order chi connectivity index (χ0) is 20.5. The van der Waals surface area contributed by atoms with E-state index in [4.69, 9.17) is 14.5 Å². The lowest BCUT2D eigenvalue weighted by Crippen LogP contribution is -2.38. The number of nitrogens with zero attached hydrogens (tertiary/aromatic N) is 1. The van der Waals surface area contributed by atoms with Crippen molar-refractivity contribution in [1.29, 1.82) is 0 Å². The summed E-state index contributed by atoms with van der Waals surface area (Å²) in [6.07, 6.45) is 3.85. The summed E-state index contributed by atoms with van der Waals surface area (Å²) in [4.78, 5) is 8.05. The Morgan fingerprint density at radius 1 is 1.00 bits per heavy atom. The van der Waals surface area contributed by atoms with Crippen LogP contribution in [-0.4, -0.2) is 44.8 Å². The summed E-state index contributed by atoms with van der Waals surface area (Å²) in [6.45, 7) is 4.42. The first kappa shape index (κ1) is 20.6. The number of ether oxygens (including phenoxy) is 2. The minimum absolute atomic E-state index is 0.730. The van der Waals surface area contributed by atoms with Crippen molar-refractivity contribution in [3.63, 3.8) is 0 Å². The highest BCUT2D eigenvalue weighted by atomic mass is 16.5. The molecule has 0 amide bonds. The molecular weight excluding hydrogens is 364 g/mol. The number of fused-ring (bicyclic) bond motifs is 1. The van der Waals surface area contributed by atoms with Crippen LogP contribution in [-0.2, 0) is 12.8 Å². The molecule has 3 rings (SSSR count). The minimum Gasteiger partial charge on any atom is -0.493 e. The number of benzene rings is 2. The van der Waals surface area contributed by atoms with E-state index in [0.717, 1.165) is 49.9 Å². The second kappa shape index (κ2) is 10.4. The average molecular weight is 395 g/mol. The van der Waals surface area contributed by atoms with Crippen LogP contribution < -0.4 is 20.1 Å². The molecule has 3 aromatic rings. The molecule has 3 N–H and O–H groups in total. The summed E-state index contributed by atoms with van der Waals surface area (Å²) in [7, 11) is 3.30. The minimum atomic E-state index is 0.730. The molecule has 1 aromatic heterocycles. The third-order valence-corrected chi connectivity index (χ3v) is 4.82. The lowest BCUT2D eigenvalue weighted by molar-refractivity contribution is 0.354. The van der Waals surface area contributed by atoms with E-state index in [1.165, 1.54) is 22.0 Å². The molecule has 6 heteroatoms. The Labute approximate surface area is 172 Å². The van der Waals surface area contributed by atoms with Crippen LogP contribution in [0.25, 0.3) is 10.9 Å². The first-order valence-corrected chi connectivity index (χ1v) is 10.0. The van der Waals surface area contributed by atoms with Gasteiger partial charge < -0.3 is 25.1 Å². The number of methoxy groups -OCH3 is 2. The maximum absolute atomic E-state index is 5.38. The van der Waals surface area contributed by atoms with Gasteiger partial charge in [-0.3, -0.25) is 4.99 Å². The molecule has 0 atom stereocenters. The van der Waals surface area contributed by atoms with Gasteiger partial charge in [0.25, 0.3) is 0 Å². The van der Waals surface area contributed by atoms with E-state index in [2.05, 4.69) is 53.0 Å². The van der Waals surface area contributed by atoms with Gasteiger partial charge in [-0.25, -0.2) is 0 Å². The summed E-state index contributed by atoms with van der Waals surface area (Å²) >= 11 is 0. The highest BCUT2D eigenvalue weighted by Crippen LogP contribution is 2.27. The summed E-state index contributed by atoms with van der Waals surface area (Å²) < 4.78 is 10.7. The summed E-state index contributed by atoms with van der Waals surface area (Å²) in [5.41, 5.74) is 3.65. The molecule has 6 nitrogen and oxygen atoms in total. The average Bonchev–Trinajstić information content (AvgIpc) is 3.17. The molecule has 0 saturated heterocycles. The lowest BCUT2D eigenvalue weighted by Gasteiger charge is -2.12. The van der Waals surface area contributed by atoms with Crippen LogP contribution in [0.15, 0.2) is 53.7 Å². The van der Waals surface area contributed by atoms with Gasteiger partial charge in [-0.05, 0) is 49.1 Å². The second-order valence-electron chi connectivity index (χ2n) is 6.74. The van der Waals surface area contributed by atoms with Gasteiger partial charge in [0.1, 0.15) is 0 Å². The van der Waals surface area contributed by atoms with Crippen molar-refractivity contribution in [3.05, 3.63) is 59.8 Å². The van der Waals surface area contributed by atoms with E-state index >= 15 is 0 Å². The number of para-hydroxylation sites is 1. The van der Waals surface area contributed by atoms with E-state index < -0.39 is 0 Å². The maximum Gasteiger partial charge on any atom is 0.191 e. The number of rotatable bonds is 9. The van der Waals surface area contributed by atoms with Crippen LogP contribution in [0.5, 0.6) is 11.5 Å². The lowest BCUT2D eigenvalue weighted by atomic mass is 10.1. The van der Waals surface area contributed by atoms with Gasteiger partial charge in [0, 0.05) is 36.7 Å². The zero-order valence-electron chi connectivity index (χ0n) is 17.4. The fourth-order valence-corrected chi connectivity index (χ4v) is 3.33. The van der Waals surface area contributed by atoms with Gasteiger partial charge in [0.05, 0.1) is 14.2 Å². The van der Waals surface area contributed by atoms with Gasteiger partial charge in [-0.1, -0.05) is 24.3 Å². The number of guanidine groups is 1. The van der Waals surface area contributed by atoms with Crippen LogP contribution in [0, 0.1) is 0 Å². The number of aliphatic imine (C=N–C) groups is 1. The number of aromatic nitrogens is 1. The highest BCUT2D eigenvalue weighted by Gasteiger charge is 2.06. The number of H-pyrrole nitrogens is 1. The Kier molecular flexibility index (Phi) is 7.39. The topological polar surface area (TPSA) is 70.7 Å². The van der Waals surface area contributed by atoms with Gasteiger partial charge in [0.2, 0.25) is 0 Å². The quantitative estimate of drug-likeness (QED) is 0.384. The molecule has 0 aliphatic carbocycles. The molecule has 0 aliphatic rings. The van der Waals surface area contributed by atoms with Gasteiger partial charge in [-0.15, -0.1) is 0 Å². The van der Waals surface area contributed by atoms with E-state index in [1.54, 1.807) is 14.2 Å². The van der Waals surface area contributed by atoms with Crippen molar-refractivity contribution < 1.29 is 9.47 Å². The third kappa shape index (κ3) is 5.44. The first-order valence-electron chi connectivity index (χ1n) is 10.0. The molecule has 2 aromatic carbocycles. The fraction of sp³-hybridized carbons (Fsp3) is 0.348. The van der Waals surface area contributed by atoms with Gasteiger partial charge in [-0.2, -0.15) is 0 Å². The van der Waals surface area contributed by atoms with Crippen LogP contribution in [0.2, 0.25) is 0 Å². The van der Waals surface area contributed by atoms with Gasteiger partial charge in [0.15, 0.2) is 17.5 Å². The fourth-order valence-electron chi connectivity index (χ4n) is 3.33. The van der Waals surface area contributed by atoms with E-state index in [1.807, 2.05) is 18.2 Å². The van der Waals surface area contributed by atoms with Crippen molar-refractivity contribution in [3.8, 4) is 11.5 Å². The van der Waals surface area contributed by atoms with Gasteiger partial charge >= 0.3 is 0 Å². The van der Waals surface area contributed by atoms with Crippen molar-refractivity contribution in [1.82, 2.24) is 15.6 Å². The van der Waals surface area contributed by atoms with Crippen LogP contribution in [0.1, 0.15) is 18.1 Å². The molecule has 0 saturated carbocycles. The summed E-state index contributed by atoms with van der Waals surface area (Å²) in [5.74, 6) is 2.34. The molecule has 0 fully saturated rings. The van der Waals surface area contributed by atoms with Crippen molar-refractivity contribution in [2.45, 2.75) is 19.8 Å². The molecule has 0 aliphatic heterocycles. The normalized spacial score (nSPS) is 11.5. The first-order chi connectivity index (χ1) is 14.2. The monoisotopic (exact) mass is 394 g/mol.